The first kappa shape index (κ1) is 143. The third-order valence-electron chi connectivity index (χ3n) is 0. The van der Waals surface area contributed by atoms with Gasteiger partial charge >= 0.3 is 18.9 Å². The number of halogens is 7. The molecule has 0 saturated carbocycles. The van der Waals surface area contributed by atoms with Crippen molar-refractivity contribution in [2.24, 2.45) is 0 Å². The molecule has 0 spiro atoms. The molecular formula is Cl7LiMo-6. The zero-order chi connectivity index (χ0) is 0. The average molecular weight is 351 g/mol. The van der Waals surface area contributed by atoms with Gasteiger partial charge in [0.2, 0.25) is 0 Å². The quantitative estimate of drug-likeness (QED) is 0.381. The Labute approximate surface area is 125 Å². The van der Waals surface area contributed by atoms with Gasteiger partial charge in [-0.05, 0) is 0 Å². The van der Waals surface area contributed by atoms with E-state index < -0.39 is 0 Å². The Morgan fingerprint density at radius 1 is 0.333 bits per heavy atom. The molecule has 0 radical (unpaired) electrons. The van der Waals surface area contributed by atoms with E-state index in [0.717, 1.165) is 0 Å². The Morgan fingerprint density at radius 3 is 0.333 bits per heavy atom. The van der Waals surface area contributed by atoms with E-state index >= 15 is 0 Å². The second kappa shape index (κ2) is 110. The predicted molar refractivity (Wildman–Crippen MR) is 0 cm³/mol. The molecule has 0 amide bonds. The fraction of sp³-hybridized carbons (Fsp3) is 0. The topological polar surface area (TPSA) is 0 Å². The molecule has 0 fully saturated rings. The summed E-state index contributed by atoms with van der Waals surface area (Å²) in [5.41, 5.74) is 0. The van der Waals surface area contributed by atoms with Crippen molar-refractivity contribution in [2.75, 3.05) is 0 Å². The molecule has 0 rings (SSSR count). The van der Waals surface area contributed by atoms with Crippen LogP contribution in [0.25, 0.3) is 0 Å². The molecule has 9 heteroatoms. The zero-order valence-corrected chi connectivity index (χ0v) is 11.4. The van der Waals surface area contributed by atoms with Crippen molar-refractivity contribution in [3.8, 4) is 0 Å². The fourth-order valence-electron chi connectivity index (χ4n) is 0. The van der Waals surface area contributed by atoms with Crippen molar-refractivity contribution >= 4 is 0 Å². The van der Waals surface area contributed by atoms with Gasteiger partial charge in [0.25, 0.3) is 0 Å². The maximum Gasteiger partial charge on any atom is 1.00 e. The minimum atomic E-state index is 0. The largest absolute Gasteiger partial charge is 1.00 e. The van der Waals surface area contributed by atoms with Crippen LogP contribution in [0.1, 0.15) is 0 Å². The van der Waals surface area contributed by atoms with Gasteiger partial charge in [0.05, 0.1) is 0 Å². The summed E-state index contributed by atoms with van der Waals surface area (Å²) in [5.74, 6) is 0. The third kappa shape index (κ3) is 89.3. The van der Waals surface area contributed by atoms with E-state index in [9.17, 15) is 0 Å². The summed E-state index contributed by atoms with van der Waals surface area (Å²) in [6.45, 7) is 0. The maximum atomic E-state index is 0. The molecule has 0 saturated heterocycles. The summed E-state index contributed by atoms with van der Waals surface area (Å²) in [6.07, 6.45) is 0. The van der Waals surface area contributed by atoms with E-state index in [1.165, 1.54) is 0 Å². The van der Waals surface area contributed by atoms with Gasteiger partial charge in [-0.3, -0.25) is 0 Å². The van der Waals surface area contributed by atoms with Crippen molar-refractivity contribution in [1.29, 1.82) is 0 Å². The van der Waals surface area contributed by atoms with Gasteiger partial charge in [-0.15, -0.1) is 0 Å². The van der Waals surface area contributed by atoms with Crippen LogP contribution in [0.5, 0.6) is 0 Å². The summed E-state index contributed by atoms with van der Waals surface area (Å²) < 4.78 is 0. The molecule has 0 heterocycles. The molecule has 0 nitrogen and oxygen atoms in total. The smallest absolute Gasteiger partial charge is 1.00 e. The van der Waals surface area contributed by atoms with Gasteiger partial charge in [0, 0.05) is 21.1 Å². The van der Waals surface area contributed by atoms with Gasteiger partial charge in [0.1, 0.15) is 0 Å². The average Bonchev–Trinajstić information content (AvgIpc) is 0. The van der Waals surface area contributed by atoms with Crippen LogP contribution in [-0.4, -0.2) is 0 Å². The minimum absolute atomic E-state index is 0. The van der Waals surface area contributed by atoms with Crippen molar-refractivity contribution < 1.29 is 127 Å². The Bertz CT molecular complexity index is 8.88. The van der Waals surface area contributed by atoms with Crippen LogP contribution >= 0.6 is 0 Å². The molecule has 0 aliphatic carbocycles. The molecule has 0 aromatic rings. The Kier molecular flexibility index (Phi) is 1750. The Morgan fingerprint density at radius 2 is 0.333 bits per heavy atom. The van der Waals surface area contributed by atoms with E-state index in [2.05, 4.69) is 0 Å². The maximum absolute atomic E-state index is 0. The predicted octanol–water partition coefficient (Wildman–Crippen LogP) is -24.0. The van der Waals surface area contributed by atoms with Gasteiger partial charge in [-0.2, -0.15) is 0 Å². The number of hydrogen-bond acceptors (Lipinski definition) is 0. The number of rotatable bonds is 0. The minimum Gasteiger partial charge on any atom is -1.00 e. The van der Waals surface area contributed by atoms with Crippen LogP contribution in [0.15, 0.2) is 0 Å². The molecule has 0 aliphatic rings. The van der Waals surface area contributed by atoms with E-state index in [1.807, 2.05) is 0 Å². The van der Waals surface area contributed by atoms with E-state index in [-0.39, 0.29) is 127 Å². The summed E-state index contributed by atoms with van der Waals surface area (Å²) >= 11 is 0. The molecule has 9 heavy (non-hydrogen) atoms. The summed E-state index contributed by atoms with van der Waals surface area (Å²) in [7, 11) is 0. The monoisotopic (exact) mass is 350 g/mol. The van der Waals surface area contributed by atoms with Gasteiger partial charge in [-0.25, -0.2) is 0 Å². The molecule has 0 unspecified atom stereocenters. The molecule has 0 aromatic heterocycles. The molecular weight excluding hydrogens is 351 g/mol. The Hall–Kier alpha value is 3.32. The molecule has 0 N–H and O–H groups in total. The Balaban J connectivity index is 0. The second-order valence-electron chi connectivity index (χ2n) is 0. The zero-order valence-electron chi connectivity index (χ0n) is 4.05. The molecule has 0 aliphatic heterocycles. The first-order valence-corrected chi connectivity index (χ1v) is 0. The summed E-state index contributed by atoms with van der Waals surface area (Å²) in [6, 6.07) is 0. The van der Waals surface area contributed by atoms with Crippen molar-refractivity contribution in [3.05, 3.63) is 0 Å². The molecule has 0 aromatic carbocycles. The van der Waals surface area contributed by atoms with E-state index in [4.69, 9.17) is 0 Å². The normalized spacial score (nSPS) is 0. The number of hydrogen-bond donors (Lipinski definition) is 0. The van der Waals surface area contributed by atoms with E-state index in [0.29, 0.717) is 0 Å². The van der Waals surface area contributed by atoms with E-state index in [1.54, 1.807) is 0 Å². The van der Waals surface area contributed by atoms with Crippen molar-refractivity contribution in [3.63, 3.8) is 0 Å². The van der Waals surface area contributed by atoms with Crippen LogP contribution in [0.2, 0.25) is 0 Å². The molecule has 0 atom stereocenters. The van der Waals surface area contributed by atoms with Crippen LogP contribution < -0.4 is 106 Å². The van der Waals surface area contributed by atoms with Crippen LogP contribution in [0.3, 0.4) is 0 Å². The SMILES string of the molecule is [Cl-].[Cl-].[Cl-].[Cl-].[Cl-].[Cl-].[Cl-].[Li+].[Mo]. The standard InChI is InChI=1S/7ClH.Li.Mo/h7*1H;;/q;;;;;;;+1;/p-7. The fourth-order valence-corrected chi connectivity index (χ4v) is 0. The molecule has 62 valence electrons. The summed E-state index contributed by atoms with van der Waals surface area (Å²) in [4.78, 5) is 0. The first-order valence-electron chi connectivity index (χ1n) is 0. The second-order valence-corrected chi connectivity index (χ2v) is 0. The van der Waals surface area contributed by atoms with Crippen molar-refractivity contribution in [1.82, 2.24) is 0 Å². The molecule has 0 bridgehead atoms. The van der Waals surface area contributed by atoms with Gasteiger partial charge < -0.3 is 86.8 Å². The summed E-state index contributed by atoms with van der Waals surface area (Å²) in [5, 5.41) is 0. The van der Waals surface area contributed by atoms with Crippen molar-refractivity contribution in [2.45, 2.75) is 0 Å². The van der Waals surface area contributed by atoms with Gasteiger partial charge in [0.15, 0.2) is 0 Å². The van der Waals surface area contributed by atoms with Crippen LogP contribution in [0, 0.1) is 0 Å². The third-order valence-corrected chi connectivity index (χ3v) is 0. The van der Waals surface area contributed by atoms with Crippen LogP contribution in [-0.2, 0) is 21.1 Å². The van der Waals surface area contributed by atoms with Gasteiger partial charge in [-0.1, -0.05) is 0 Å². The van der Waals surface area contributed by atoms with Crippen LogP contribution in [0.4, 0.5) is 0 Å². The first-order chi connectivity index (χ1) is 0.